The van der Waals surface area contributed by atoms with E-state index in [-0.39, 0.29) is 17.1 Å². The Balaban J connectivity index is 1.19. The van der Waals surface area contributed by atoms with E-state index in [9.17, 15) is 4.39 Å². The molecular weight excluding hydrogens is 472 g/mol. The van der Waals surface area contributed by atoms with Crippen LogP contribution in [0.4, 0.5) is 26.2 Å². The lowest BCUT2D eigenvalue weighted by molar-refractivity contribution is 0.132. The topological polar surface area (TPSA) is 69.5 Å². The number of rotatable bonds is 6. The van der Waals surface area contributed by atoms with E-state index in [0.717, 1.165) is 81.6 Å². The average Bonchev–Trinajstić information content (AvgIpc) is 3.19. The Bertz CT molecular complexity index is 1340. The molecule has 0 bridgehead atoms. The summed E-state index contributed by atoms with van der Waals surface area (Å²) in [7, 11) is 0. The van der Waals surface area contributed by atoms with Gasteiger partial charge >= 0.3 is 0 Å². The van der Waals surface area contributed by atoms with Gasteiger partial charge in [0.1, 0.15) is 23.0 Å². The van der Waals surface area contributed by atoms with E-state index in [4.69, 9.17) is 0 Å². The fraction of sp³-hybridized carbons (Fsp3) is 0.429. The molecule has 192 valence electrons. The van der Waals surface area contributed by atoms with Gasteiger partial charge in [-0.2, -0.15) is 0 Å². The van der Waals surface area contributed by atoms with Crippen molar-refractivity contribution in [2.75, 3.05) is 38.0 Å². The predicted molar refractivity (Wildman–Crippen MR) is 141 cm³/mol. The van der Waals surface area contributed by atoms with Gasteiger partial charge in [-0.1, -0.05) is 19.4 Å². The third kappa shape index (κ3) is 4.40. The second-order valence-corrected chi connectivity index (χ2v) is 10.3. The highest BCUT2D eigenvalue weighted by Crippen LogP contribution is 2.54. The number of piperazine rings is 1. The number of aliphatic imine (C=N–C) groups is 1. The van der Waals surface area contributed by atoms with Crippen molar-refractivity contribution in [2.24, 2.45) is 4.99 Å². The van der Waals surface area contributed by atoms with E-state index in [2.05, 4.69) is 42.0 Å². The minimum absolute atomic E-state index is 0.0565. The van der Waals surface area contributed by atoms with Crippen molar-refractivity contribution < 1.29 is 8.78 Å². The summed E-state index contributed by atoms with van der Waals surface area (Å²) in [5.41, 5.74) is 3.52. The van der Waals surface area contributed by atoms with Crippen LogP contribution in [-0.4, -0.2) is 63.2 Å². The highest BCUT2D eigenvalue weighted by molar-refractivity contribution is 6.01. The van der Waals surface area contributed by atoms with Gasteiger partial charge in [0.05, 0.1) is 6.20 Å². The Morgan fingerprint density at radius 3 is 2.43 bits per heavy atom. The third-order valence-electron chi connectivity index (χ3n) is 8.16. The molecule has 3 aromatic rings. The normalized spacial score (nSPS) is 19.0. The van der Waals surface area contributed by atoms with Gasteiger partial charge in [-0.25, -0.2) is 23.7 Å². The minimum atomic E-state index is -0.602. The Morgan fingerprint density at radius 1 is 0.973 bits per heavy atom. The van der Waals surface area contributed by atoms with E-state index in [0.29, 0.717) is 17.1 Å². The molecule has 1 saturated heterocycles. The summed E-state index contributed by atoms with van der Waals surface area (Å²) in [4.78, 5) is 22.4. The molecule has 3 aliphatic rings. The number of pyridine rings is 1. The number of halogens is 2. The van der Waals surface area contributed by atoms with E-state index < -0.39 is 11.6 Å². The molecule has 0 amide bonds. The van der Waals surface area contributed by atoms with Crippen LogP contribution in [0.25, 0.3) is 11.3 Å². The first kappa shape index (κ1) is 24.1. The van der Waals surface area contributed by atoms with Gasteiger partial charge in [-0.05, 0) is 55.6 Å². The van der Waals surface area contributed by atoms with Gasteiger partial charge < -0.3 is 10.2 Å². The molecule has 37 heavy (non-hydrogen) atoms. The molecule has 1 saturated carbocycles. The number of hydrogen-bond donors (Lipinski definition) is 1. The van der Waals surface area contributed by atoms with Crippen molar-refractivity contribution in [3.05, 3.63) is 59.4 Å². The van der Waals surface area contributed by atoms with Crippen molar-refractivity contribution in [1.29, 1.82) is 0 Å². The molecule has 1 aliphatic carbocycles. The highest BCUT2D eigenvalue weighted by Gasteiger charge is 2.47. The summed E-state index contributed by atoms with van der Waals surface area (Å²) < 4.78 is 29.9. The first-order valence-corrected chi connectivity index (χ1v) is 13.0. The van der Waals surface area contributed by atoms with Crippen molar-refractivity contribution in [1.82, 2.24) is 24.8 Å². The van der Waals surface area contributed by atoms with Crippen LogP contribution < -0.4 is 5.32 Å². The zero-order valence-corrected chi connectivity index (χ0v) is 21.3. The van der Waals surface area contributed by atoms with Crippen LogP contribution in [0, 0.1) is 11.6 Å². The number of benzene rings is 1. The van der Waals surface area contributed by atoms with E-state index in [1.807, 2.05) is 31.3 Å². The largest absolute Gasteiger partial charge is 0.309 e. The molecule has 0 radical (unpaired) electrons. The zero-order chi connectivity index (χ0) is 25.6. The maximum atomic E-state index is 15.0. The standard InChI is InChI=1S/C28H31F2N7/c1-3-36-9-11-37(12-10-36)17-19-5-6-24(31-15-19)34-27-32-16-23(30)25(35-27)20-13-21-26(22(29)14-20)33-18(2)28(21)7-4-8-28/h5-6,13-16H,3-4,7-12,17H2,1-2H3,(H,31,32,34,35). The lowest BCUT2D eigenvalue weighted by Gasteiger charge is -2.39. The zero-order valence-electron chi connectivity index (χ0n) is 21.3. The van der Waals surface area contributed by atoms with Crippen LogP contribution in [0.2, 0.25) is 0 Å². The third-order valence-corrected chi connectivity index (χ3v) is 8.16. The van der Waals surface area contributed by atoms with Gasteiger partial charge in [-0.3, -0.25) is 9.89 Å². The van der Waals surface area contributed by atoms with E-state index >= 15 is 4.39 Å². The Kier molecular flexibility index (Phi) is 6.20. The monoisotopic (exact) mass is 503 g/mol. The van der Waals surface area contributed by atoms with Crippen LogP contribution in [0.15, 0.2) is 41.7 Å². The lowest BCUT2D eigenvalue weighted by atomic mass is 9.62. The molecule has 0 atom stereocenters. The van der Waals surface area contributed by atoms with Gasteiger partial charge in [0.2, 0.25) is 5.95 Å². The van der Waals surface area contributed by atoms with Crippen LogP contribution in [0.1, 0.15) is 44.2 Å². The van der Waals surface area contributed by atoms with Crippen LogP contribution >= 0.6 is 0 Å². The van der Waals surface area contributed by atoms with E-state index in [1.165, 1.54) is 6.07 Å². The molecule has 4 heterocycles. The molecule has 7 nitrogen and oxygen atoms in total. The molecule has 1 aromatic carbocycles. The van der Waals surface area contributed by atoms with Crippen LogP contribution in [-0.2, 0) is 12.0 Å². The van der Waals surface area contributed by atoms with Gasteiger partial charge in [-0.15, -0.1) is 0 Å². The summed E-state index contributed by atoms with van der Waals surface area (Å²) in [5.74, 6) is -0.278. The first-order chi connectivity index (χ1) is 17.9. The maximum Gasteiger partial charge on any atom is 0.229 e. The number of anilines is 2. The fourth-order valence-electron chi connectivity index (χ4n) is 5.70. The molecule has 6 rings (SSSR count). The maximum absolute atomic E-state index is 15.0. The molecule has 9 heteroatoms. The number of fused-ring (bicyclic) bond motifs is 2. The van der Waals surface area contributed by atoms with Crippen molar-refractivity contribution in [2.45, 2.75) is 45.1 Å². The minimum Gasteiger partial charge on any atom is -0.309 e. The summed E-state index contributed by atoms with van der Waals surface area (Å²) in [6.07, 6.45) is 5.91. The van der Waals surface area contributed by atoms with Crippen molar-refractivity contribution in [3.8, 4) is 11.3 Å². The summed E-state index contributed by atoms with van der Waals surface area (Å²) in [6, 6.07) is 7.07. The predicted octanol–water partition coefficient (Wildman–Crippen LogP) is 5.23. The molecule has 2 fully saturated rings. The van der Waals surface area contributed by atoms with Crippen molar-refractivity contribution >= 4 is 23.2 Å². The second kappa shape index (κ2) is 9.54. The summed E-state index contributed by atoms with van der Waals surface area (Å²) in [5, 5.41) is 3.06. The molecule has 0 unspecified atom stereocenters. The molecule has 1 spiro atoms. The molecule has 2 aliphatic heterocycles. The number of aromatic nitrogens is 3. The summed E-state index contributed by atoms with van der Waals surface area (Å²) >= 11 is 0. The number of hydrogen-bond acceptors (Lipinski definition) is 7. The first-order valence-electron chi connectivity index (χ1n) is 13.0. The molecule has 2 aromatic heterocycles. The molecular formula is C28H31F2N7. The fourth-order valence-corrected chi connectivity index (χ4v) is 5.70. The van der Waals surface area contributed by atoms with Gasteiger partial charge in [0.15, 0.2) is 5.82 Å². The Morgan fingerprint density at radius 2 is 1.76 bits per heavy atom. The second-order valence-electron chi connectivity index (χ2n) is 10.3. The van der Waals surface area contributed by atoms with Crippen molar-refractivity contribution in [3.63, 3.8) is 0 Å². The smallest absolute Gasteiger partial charge is 0.229 e. The average molecular weight is 504 g/mol. The van der Waals surface area contributed by atoms with E-state index in [1.54, 1.807) is 0 Å². The Hall–Kier alpha value is -3.30. The number of nitrogens with one attached hydrogen (secondary N) is 1. The van der Waals surface area contributed by atoms with Gasteiger partial charge in [0, 0.05) is 55.6 Å². The molecule has 1 N–H and O–H groups in total. The summed E-state index contributed by atoms with van der Waals surface area (Å²) in [6.45, 7) is 10.4. The highest BCUT2D eigenvalue weighted by atomic mass is 19.1. The van der Waals surface area contributed by atoms with Crippen LogP contribution in [0.5, 0.6) is 0 Å². The number of nitrogens with zero attached hydrogens (tertiary/aromatic N) is 6. The SMILES string of the molecule is CCN1CCN(Cc2ccc(Nc3ncc(F)c(-c4cc(F)c5c(c4)C4(CCC4)C(C)=N5)n3)nc2)CC1. The lowest BCUT2D eigenvalue weighted by Crippen LogP contribution is -2.45. The van der Waals surface area contributed by atoms with Gasteiger partial charge in [0.25, 0.3) is 0 Å². The Labute approximate surface area is 215 Å². The quantitative estimate of drug-likeness (QED) is 0.497. The number of likely N-dealkylation sites (N-methyl/N-ethyl adjacent to an activating group) is 1. The van der Waals surface area contributed by atoms with Crippen LogP contribution in [0.3, 0.4) is 0 Å².